The van der Waals surface area contributed by atoms with Gasteiger partial charge in [0, 0.05) is 11.8 Å². The molecule has 0 saturated heterocycles. The van der Waals surface area contributed by atoms with E-state index < -0.39 is 17.1 Å². The molecular formula is C21H30O4. The lowest BCUT2D eigenvalue weighted by Gasteiger charge is -2.60. The van der Waals surface area contributed by atoms with Crippen LogP contribution in [0.4, 0.5) is 0 Å². The Morgan fingerprint density at radius 2 is 1.92 bits per heavy atom. The third kappa shape index (κ3) is 2.07. The molecule has 2 N–H and O–H groups in total. The quantitative estimate of drug-likeness (QED) is 0.766. The molecule has 138 valence electrons. The molecule has 0 bridgehead atoms. The Kier molecular flexibility index (Phi) is 3.66. The molecule has 0 unspecified atom stereocenters. The molecule has 3 fully saturated rings. The van der Waals surface area contributed by atoms with Gasteiger partial charge in [0.05, 0.1) is 6.10 Å². The lowest BCUT2D eigenvalue weighted by atomic mass is 9.45. The van der Waals surface area contributed by atoms with E-state index in [2.05, 4.69) is 6.92 Å². The van der Waals surface area contributed by atoms with Crippen molar-refractivity contribution in [2.75, 3.05) is 0 Å². The fraction of sp³-hybridized carbons (Fsp3) is 0.810. The number of Topliss-reactive ketones (excluding diaryl/α,β-unsaturated/α-hetero) is 1. The Bertz CT molecular complexity index is 667. The summed E-state index contributed by atoms with van der Waals surface area (Å²) < 4.78 is 0. The van der Waals surface area contributed by atoms with Crippen LogP contribution in [-0.4, -0.2) is 33.5 Å². The molecule has 0 aromatic heterocycles. The predicted octanol–water partition coefficient (Wildman–Crippen LogP) is 2.81. The minimum Gasteiger partial charge on any atom is -0.393 e. The second-order valence-corrected chi connectivity index (χ2v) is 9.53. The molecule has 25 heavy (non-hydrogen) atoms. The lowest BCUT2D eigenvalue weighted by Crippen LogP contribution is -2.61. The number of hydrogen-bond acceptors (Lipinski definition) is 4. The fourth-order valence-electron chi connectivity index (χ4n) is 7.27. The van der Waals surface area contributed by atoms with Crippen molar-refractivity contribution in [2.45, 2.75) is 77.4 Å². The Balaban J connectivity index is 1.75. The van der Waals surface area contributed by atoms with Crippen molar-refractivity contribution in [1.82, 2.24) is 0 Å². The minimum atomic E-state index is -1.30. The van der Waals surface area contributed by atoms with Gasteiger partial charge in [-0.05, 0) is 74.7 Å². The average molecular weight is 346 g/mol. The molecule has 7 atom stereocenters. The van der Waals surface area contributed by atoms with Gasteiger partial charge in [-0.3, -0.25) is 9.59 Å². The smallest absolute Gasteiger partial charge is 0.161 e. The number of aliphatic hydroxyl groups is 2. The van der Waals surface area contributed by atoms with Gasteiger partial charge in [-0.1, -0.05) is 19.4 Å². The summed E-state index contributed by atoms with van der Waals surface area (Å²) in [5, 5.41) is 22.3. The Morgan fingerprint density at radius 3 is 2.60 bits per heavy atom. The highest BCUT2D eigenvalue weighted by atomic mass is 16.3. The van der Waals surface area contributed by atoms with Gasteiger partial charge in [-0.25, -0.2) is 0 Å². The van der Waals surface area contributed by atoms with Crippen LogP contribution in [-0.2, 0) is 9.59 Å². The number of allylic oxidation sites excluding steroid dienone is 1. The maximum Gasteiger partial charge on any atom is 0.161 e. The van der Waals surface area contributed by atoms with Crippen molar-refractivity contribution >= 4 is 11.6 Å². The zero-order valence-corrected chi connectivity index (χ0v) is 15.5. The summed E-state index contributed by atoms with van der Waals surface area (Å²) >= 11 is 0. The summed E-state index contributed by atoms with van der Waals surface area (Å²) in [7, 11) is 0. The van der Waals surface area contributed by atoms with Crippen LogP contribution >= 0.6 is 0 Å². The molecule has 0 aromatic rings. The van der Waals surface area contributed by atoms with E-state index >= 15 is 0 Å². The molecule has 0 heterocycles. The zero-order valence-electron chi connectivity index (χ0n) is 15.5. The van der Waals surface area contributed by atoms with Gasteiger partial charge in [0.25, 0.3) is 0 Å². The summed E-state index contributed by atoms with van der Waals surface area (Å²) in [6.45, 7) is 5.73. The van der Waals surface area contributed by atoms with Crippen molar-refractivity contribution in [3.63, 3.8) is 0 Å². The highest BCUT2D eigenvalue weighted by molar-refractivity contribution is 5.91. The summed E-state index contributed by atoms with van der Waals surface area (Å²) in [4.78, 5) is 24.1. The molecule has 0 spiro atoms. The molecule has 4 heteroatoms. The first-order valence-electron chi connectivity index (χ1n) is 9.79. The summed E-state index contributed by atoms with van der Waals surface area (Å²) in [6.07, 6.45) is 6.38. The Hall–Kier alpha value is -1.00. The summed E-state index contributed by atoms with van der Waals surface area (Å²) in [5.74, 6) is 0.776. The Morgan fingerprint density at radius 1 is 1.20 bits per heavy atom. The van der Waals surface area contributed by atoms with E-state index in [4.69, 9.17) is 0 Å². The largest absolute Gasteiger partial charge is 0.393 e. The monoisotopic (exact) mass is 346 g/mol. The van der Waals surface area contributed by atoms with Crippen LogP contribution < -0.4 is 0 Å². The first-order chi connectivity index (χ1) is 11.6. The first kappa shape index (κ1) is 17.4. The van der Waals surface area contributed by atoms with Crippen LogP contribution in [0.2, 0.25) is 0 Å². The third-order valence-corrected chi connectivity index (χ3v) is 8.63. The van der Waals surface area contributed by atoms with Gasteiger partial charge in [0.2, 0.25) is 0 Å². The van der Waals surface area contributed by atoms with Crippen LogP contribution in [0.1, 0.15) is 65.7 Å². The van der Waals surface area contributed by atoms with E-state index in [0.717, 1.165) is 25.7 Å². The number of aliphatic hydroxyl groups excluding tert-OH is 1. The van der Waals surface area contributed by atoms with Crippen molar-refractivity contribution in [3.05, 3.63) is 11.6 Å². The van der Waals surface area contributed by atoms with Gasteiger partial charge in [0.1, 0.15) is 5.60 Å². The second-order valence-electron chi connectivity index (χ2n) is 9.53. The number of rotatable bonds is 1. The second kappa shape index (κ2) is 5.26. The lowest BCUT2D eigenvalue weighted by molar-refractivity contribution is -0.179. The number of carbonyl (C=O) groups excluding carboxylic acids is 2. The van der Waals surface area contributed by atoms with Crippen LogP contribution in [0.5, 0.6) is 0 Å². The molecule has 4 rings (SSSR count). The number of hydrogen-bond donors (Lipinski definition) is 2. The van der Waals surface area contributed by atoms with Crippen LogP contribution in [0.25, 0.3) is 0 Å². The summed E-state index contributed by atoms with van der Waals surface area (Å²) in [5.41, 5.74) is -0.744. The zero-order chi connectivity index (χ0) is 18.2. The van der Waals surface area contributed by atoms with Crippen molar-refractivity contribution in [1.29, 1.82) is 0 Å². The van der Waals surface area contributed by atoms with Crippen molar-refractivity contribution in [2.24, 2.45) is 28.6 Å². The van der Waals surface area contributed by atoms with Crippen molar-refractivity contribution in [3.8, 4) is 0 Å². The first-order valence-corrected chi connectivity index (χ1v) is 9.79. The summed E-state index contributed by atoms with van der Waals surface area (Å²) in [6, 6.07) is 0. The predicted molar refractivity (Wildman–Crippen MR) is 93.7 cm³/mol. The highest BCUT2D eigenvalue weighted by Gasteiger charge is 2.67. The number of carbonyl (C=O) groups is 2. The van der Waals surface area contributed by atoms with E-state index in [1.807, 2.05) is 13.0 Å². The van der Waals surface area contributed by atoms with E-state index in [0.29, 0.717) is 25.2 Å². The molecule has 0 radical (unpaired) electrons. The normalized spacial score (nSPS) is 52.0. The van der Waals surface area contributed by atoms with Crippen LogP contribution in [0.3, 0.4) is 0 Å². The van der Waals surface area contributed by atoms with Crippen LogP contribution in [0, 0.1) is 28.6 Å². The van der Waals surface area contributed by atoms with Crippen molar-refractivity contribution < 1.29 is 19.8 Å². The standard InChI is InChI=1S/C21H30O4/c1-12(22)21(25)9-7-16-15-5-4-13-10-14(23)6-8-19(13,2)18(15)17(24)11-20(16,21)3/h10,15-18,24-25H,4-9,11H2,1-3H3/t15-,16-,17-,18-,19+,20-,21-/m0/s1. The van der Waals surface area contributed by atoms with E-state index in [1.54, 1.807) is 0 Å². The molecule has 4 aliphatic rings. The maximum atomic E-state index is 12.2. The average Bonchev–Trinajstić information content (AvgIpc) is 2.80. The maximum absolute atomic E-state index is 12.2. The minimum absolute atomic E-state index is 0.117. The van der Waals surface area contributed by atoms with E-state index in [9.17, 15) is 19.8 Å². The topological polar surface area (TPSA) is 74.6 Å². The number of fused-ring (bicyclic) bond motifs is 5. The molecule has 0 aliphatic heterocycles. The fourth-order valence-corrected chi connectivity index (χ4v) is 7.27. The van der Waals surface area contributed by atoms with E-state index in [-0.39, 0.29) is 28.8 Å². The molecule has 3 saturated carbocycles. The number of ketones is 2. The molecular weight excluding hydrogens is 316 g/mol. The molecule has 4 aliphatic carbocycles. The SMILES string of the molecule is CC(=O)[C@@]1(O)CC[C@H]2[C@@H]3CCC4=CC(=O)CC[C@@]4(C)[C@@H]3[C@@H](O)C[C@@]21C. The Labute approximate surface area is 149 Å². The van der Waals surface area contributed by atoms with Gasteiger partial charge >= 0.3 is 0 Å². The highest BCUT2D eigenvalue weighted by Crippen LogP contribution is 2.67. The van der Waals surface area contributed by atoms with Gasteiger partial charge in [-0.15, -0.1) is 0 Å². The van der Waals surface area contributed by atoms with Gasteiger partial charge in [-0.2, -0.15) is 0 Å². The molecule has 0 amide bonds. The molecule has 0 aromatic carbocycles. The third-order valence-electron chi connectivity index (χ3n) is 8.63. The van der Waals surface area contributed by atoms with Crippen LogP contribution in [0.15, 0.2) is 11.6 Å². The van der Waals surface area contributed by atoms with Gasteiger partial charge in [0.15, 0.2) is 11.6 Å². The van der Waals surface area contributed by atoms with Gasteiger partial charge < -0.3 is 10.2 Å². The van der Waals surface area contributed by atoms with E-state index in [1.165, 1.54) is 12.5 Å². The molecule has 4 nitrogen and oxygen atoms in total.